The van der Waals surface area contributed by atoms with Crippen molar-refractivity contribution in [2.24, 2.45) is 0 Å². The van der Waals surface area contributed by atoms with E-state index in [0.29, 0.717) is 23.5 Å². The van der Waals surface area contributed by atoms with Crippen LogP contribution in [0.25, 0.3) is 0 Å². The van der Waals surface area contributed by atoms with E-state index in [2.05, 4.69) is 6.07 Å². The second kappa shape index (κ2) is 7.78. The molecule has 1 aliphatic rings. The van der Waals surface area contributed by atoms with E-state index in [1.165, 1.54) is 25.1 Å². The quantitative estimate of drug-likeness (QED) is 0.625. The summed E-state index contributed by atoms with van der Waals surface area (Å²) in [4.78, 5) is 16.0. The summed E-state index contributed by atoms with van der Waals surface area (Å²) in [5.41, 5.74) is 2.82. The zero-order chi connectivity index (χ0) is 20.4. The third kappa shape index (κ3) is 3.58. The van der Waals surface area contributed by atoms with Crippen LogP contribution in [0.1, 0.15) is 11.1 Å². The smallest absolute Gasteiger partial charge is 0.339 e. The van der Waals surface area contributed by atoms with Crippen LogP contribution in [0.15, 0.2) is 71.6 Å². The Morgan fingerprint density at radius 3 is 2.72 bits per heavy atom. The van der Waals surface area contributed by atoms with Crippen molar-refractivity contribution >= 4 is 29.4 Å². The number of urea groups is 1. The molecule has 0 saturated carbocycles. The lowest BCUT2D eigenvalue weighted by Crippen LogP contribution is -2.42. The lowest BCUT2D eigenvalue weighted by Gasteiger charge is -2.36. The van der Waals surface area contributed by atoms with Crippen LogP contribution >= 0.6 is 11.9 Å². The molecule has 0 atom stereocenters. The lowest BCUT2D eigenvalue weighted by atomic mass is 10.1. The molecule has 2 amide bonds. The Hall–Kier alpha value is -3.63. The van der Waals surface area contributed by atoms with E-state index in [9.17, 15) is 9.90 Å². The van der Waals surface area contributed by atoms with Crippen LogP contribution in [0.4, 0.5) is 16.2 Å². The Labute approximate surface area is 172 Å². The molecule has 0 saturated heterocycles. The van der Waals surface area contributed by atoms with E-state index in [4.69, 9.17) is 10.00 Å². The average molecular weight is 403 g/mol. The number of aromatic hydroxyl groups is 1. The van der Waals surface area contributed by atoms with Gasteiger partial charge in [-0.15, -0.1) is 0 Å². The minimum absolute atomic E-state index is 0.0104. The third-order valence-electron chi connectivity index (χ3n) is 4.54. The third-order valence-corrected chi connectivity index (χ3v) is 5.64. The van der Waals surface area contributed by atoms with Crippen LogP contribution in [0, 0.1) is 11.3 Å². The number of amides is 2. The molecule has 1 heterocycles. The number of phenols is 1. The van der Waals surface area contributed by atoms with Gasteiger partial charge in [0.05, 0.1) is 41.6 Å². The SMILES string of the molecule is COc1cc(N2Sc3ccccc3N(Cc3cccc(C#N)c3)C2=O)ccc1O. The second-order valence-electron chi connectivity index (χ2n) is 6.39. The molecule has 7 heteroatoms. The first-order chi connectivity index (χ1) is 14.1. The Morgan fingerprint density at radius 1 is 1.10 bits per heavy atom. The molecule has 0 aliphatic carbocycles. The van der Waals surface area contributed by atoms with E-state index in [1.54, 1.807) is 33.5 Å². The van der Waals surface area contributed by atoms with Gasteiger partial charge in [-0.3, -0.25) is 4.90 Å². The first-order valence-corrected chi connectivity index (χ1v) is 9.62. The van der Waals surface area contributed by atoms with Gasteiger partial charge in [0.15, 0.2) is 11.5 Å². The molecule has 0 spiro atoms. The van der Waals surface area contributed by atoms with Crippen molar-refractivity contribution in [1.29, 1.82) is 5.26 Å². The predicted octanol–water partition coefficient (Wildman–Crippen LogP) is 4.93. The van der Waals surface area contributed by atoms with Crippen molar-refractivity contribution < 1.29 is 14.6 Å². The number of para-hydroxylation sites is 1. The number of hydrogen-bond donors (Lipinski definition) is 1. The average Bonchev–Trinajstić information content (AvgIpc) is 2.76. The number of benzene rings is 3. The van der Waals surface area contributed by atoms with Gasteiger partial charge in [-0.1, -0.05) is 24.3 Å². The summed E-state index contributed by atoms with van der Waals surface area (Å²) in [5.74, 6) is 0.305. The minimum atomic E-state index is -0.219. The number of methoxy groups -OCH3 is 1. The second-order valence-corrected chi connectivity index (χ2v) is 7.38. The van der Waals surface area contributed by atoms with Crippen molar-refractivity contribution in [3.63, 3.8) is 0 Å². The van der Waals surface area contributed by atoms with Gasteiger partial charge in [-0.2, -0.15) is 5.26 Å². The summed E-state index contributed by atoms with van der Waals surface area (Å²) in [6, 6.07) is 21.6. The molecule has 3 aromatic carbocycles. The first kappa shape index (κ1) is 18.7. The Morgan fingerprint density at radius 2 is 1.93 bits per heavy atom. The molecule has 0 unspecified atom stereocenters. The maximum absolute atomic E-state index is 13.4. The van der Waals surface area contributed by atoms with Gasteiger partial charge in [-0.05, 0) is 53.9 Å². The summed E-state index contributed by atoms with van der Waals surface area (Å²) in [6.07, 6.45) is 0. The fourth-order valence-corrected chi connectivity index (χ4v) is 4.14. The van der Waals surface area contributed by atoms with Crippen molar-refractivity contribution in [3.05, 3.63) is 77.9 Å². The number of ether oxygens (including phenoxy) is 1. The number of hydrogen-bond acceptors (Lipinski definition) is 5. The Kier molecular flexibility index (Phi) is 5.02. The molecule has 6 nitrogen and oxygen atoms in total. The molecular weight excluding hydrogens is 386 g/mol. The van der Waals surface area contributed by atoms with E-state index in [0.717, 1.165) is 16.1 Å². The van der Waals surface area contributed by atoms with E-state index in [-0.39, 0.29) is 11.8 Å². The number of phenolic OH excluding ortho intramolecular Hbond substituents is 1. The van der Waals surface area contributed by atoms with Gasteiger partial charge >= 0.3 is 6.03 Å². The molecule has 1 N–H and O–H groups in total. The van der Waals surface area contributed by atoms with E-state index in [1.807, 2.05) is 36.4 Å². The van der Waals surface area contributed by atoms with Gasteiger partial charge < -0.3 is 9.84 Å². The van der Waals surface area contributed by atoms with Crippen molar-refractivity contribution in [1.82, 2.24) is 0 Å². The minimum Gasteiger partial charge on any atom is -0.504 e. The molecule has 0 fully saturated rings. The number of carbonyl (C=O) groups excluding carboxylic acids is 1. The zero-order valence-electron chi connectivity index (χ0n) is 15.6. The van der Waals surface area contributed by atoms with Crippen LogP contribution in [-0.2, 0) is 6.54 Å². The fraction of sp³-hybridized carbons (Fsp3) is 0.0909. The summed E-state index contributed by atoms with van der Waals surface area (Å²) in [6.45, 7) is 0.331. The van der Waals surface area contributed by atoms with Gasteiger partial charge in [0, 0.05) is 6.07 Å². The highest BCUT2D eigenvalue weighted by molar-refractivity contribution is 8.01. The number of anilines is 2. The van der Waals surface area contributed by atoms with Gasteiger partial charge in [0.25, 0.3) is 0 Å². The monoisotopic (exact) mass is 403 g/mol. The van der Waals surface area contributed by atoms with Crippen LogP contribution in [0.3, 0.4) is 0 Å². The molecular formula is C22H17N3O3S. The van der Waals surface area contributed by atoms with Crippen molar-refractivity contribution in [2.75, 3.05) is 16.3 Å². The molecule has 0 radical (unpaired) electrons. The molecule has 3 aromatic rings. The maximum Gasteiger partial charge on any atom is 0.339 e. The standard InChI is InChI=1S/C22H17N3O3S/c1-28-20-12-17(9-10-19(20)26)25-22(27)24(18-7-2-3-8-21(18)29-25)14-16-6-4-5-15(11-16)13-23/h2-12,26H,14H2,1H3. The van der Waals surface area contributed by atoms with Gasteiger partial charge in [0.2, 0.25) is 0 Å². The van der Waals surface area contributed by atoms with Crippen molar-refractivity contribution in [2.45, 2.75) is 11.4 Å². The molecule has 0 aromatic heterocycles. The first-order valence-electron chi connectivity index (χ1n) is 8.85. The van der Waals surface area contributed by atoms with Gasteiger partial charge in [0.1, 0.15) is 0 Å². The summed E-state index contributed by atoms with van der Waals surface area (Å²) >= 11 is 1.32. The van der Waals surface area contributed by atoms with Crippen LogP contribution < -0.4 is 13.9 Å². The highest BCUT2D eigenvalue weighted by atomic mass is 32.2. The van der Waals surface area contributed by atoms with E-state index >= 15 is 0 Å². The van der Waals surface area contributed by atoms with Crippen LogP contribution in [-0.4, -0.2) is 18.2 Å². The summed E-state index contributed by atoms with van der Waals surface area (Å²) < 4.78 is 6.76. The summed E-state index contributed by atoms with van der Waals surface area (Å²) in [7, 11) is 1.47. The predicted molar refractivity (Wildman–Crippen MR) is 112 cm³/mol. The highest BCUT2D eigenvalue weighted by Crippen LogP contribution is 2.43. The van der Waals surface area contributed by atoms with Crippen LogP contribution in [0.5, 0.6) is 11.5 Å². The van der Waals surface area contributed by atoms with Gasteiger partial charge in [-0.25, -0.2) is 9.10 Å². The van der Waals surface area contributed by atoms with Crippen molar-refractivity contribution in [3.8, 4) is 17.6 Å². The lowest BCUT2D eigenvalue weighted by molar-refractivity contribution is 0.254. The van der Waals surface area contributed by atoms with Crippen LogP contribution in [0.2, 0.25) is 0 Å². The number of carbonyl (C=O) groups is 1. The summed E-state index contributed by atoms with van der Waals surface area (Å²) in [5, 5.41) is 19.0. The van der Waals surface area contributed by atoms with E-state index < -0.39 is 0 Å². The zero-order valence-corrected chi connectivity index (χ0v) is 16.4. The molecule has 29 heavy (non-hydrogen) atoms. The number of nitrogens with zero attached hydrogens (tertiary/aromatic N) is 3. The Bertz CT molecular complexity index is 1130. The maximum atomic E-state index is 13.4. The molecule has 0 bridgehead atoms. The largest absolute Gasteiger partial charge is 0.504 e. The fourth-order valence-electron chi connectivity index (χ4n) is 3.14. The topological polar surface area (TPSA) is 76.8 Å². The highest BCUT2D eigenvalue weighted by Gasteiger charge is 2.32. The number of nitriles is 1. The molecule has 1 aliphatic heterocycles. The molecule has 4 rings (SSSR count). The Balaban J connectivity index is 1.74. The number of rotatable bonds is 4. The normalized spacial score (nSPS) is 13.0. The molecule has 144 valence electrons. The number of fused-ring (bicyclic) bond motifs is 1.